The molecule has 17 heavy (non-hydrogen) atoms. The van der Waals surface area contributed by atoms with Gasteiger partial charge in [-0.25, -0.2) is 0 Å². The van der Waals surface area contributed by atoms with Gasteiger partial charge in [-0.3, -0.25) is 0 Å². The molecule has 1 aliphatic rings. The molecule has 92 valence electrons. The molecular weight excluding hydrogens is 214 g/mol. The Morgan fingerprint density at radius 1 is 1.47 bits per heavy atom. The molecule has 0 saturated carbocycles. The molecule has 0 amide bonds. The standard InChI is InChI=1S/C14H19NO2/c1-16-13-6-2-4-11(8-13)9-14(15)12-5-3-7-17-10-12/h2,4,6,8,10,14H,3,5,7,9,15H2,1H3. The molecule has 3 heteroatoms. The molecule has 1 aromatic rings. The highest BCUT2D eigenvalue weighted by atomic mass is 16.5. The maximum atomic E-state index is 6.18. The van der Waals surface area contributed by atoms with Crippen molar-refractivity contribution in [1.29, 1.82) is 0 Å². The third kappa shape index (κ3) is 3.24. The summed E-state index contributed by atoms with van der Waals surface area (Å²) in [7, 11) is 1.68. The Morgan fingerprint density at radius 2 is 2.35 bits per heavy atom. The second-order valence-corrected chi connectivity index (χ2v) is 4.33. The molecular formula is C14H19NO2. The van der Waals surface area contributed by atoms with E-state index in [9.17, 15) is 0 Å². The van der Waals surface area contributed by atoms with Crippen LogP contribution in [0, 0.1) is 0 Å². The van der Waals surface area contributed by atoms with Crippen molar-refractivity contribution in [2.45, 2.75) is 25.3 Å². The molecule has 2 N–H and O–H groups in total. The minimum atomic E-state index is 0.0439. The van der Waals surface area contributed by atoms with E-state index in [1.807, 2.05) is 24.5 Å². The minimum Gasteiger partial charge on any atom is -0.501 e. The summed E-state index contributed by atoms with van der Waals surface area (Å²) < 4.78 is 10.5. The van der Waals surface area contributed by atoms with E-state index < -0.39 is 0 Å². The molecule has 0 bridgehead atoms. The number of rotatable bonds is 4. The molecule has 0 aliphatic carbocycles. The summed E-state index contributed by atoms with van der Waals surface area (Å²) >= 11 is 0. The Labute approximate surface area is 102 Å². The topological polar surface area (TPSA) is 44.5 Å². The monoisotopic (exact) mass is 233 g/mol. The molecule has 3 nitrogen and oxygen atoms in total. The molecule has 1 unspecified atom stereocenters. The van der Waals surface area contributed by atoms with Crippen molar-refractivity contribution >= 4 is 0 Å². The lowest BCUT2D eigenvalue weighted by Crippen LogP contribution is -2.27. The Kier molecular flexibility index (Phi) is 4.04. The van der Waals surface area contributed by atoms with E-state index in [-0.39, 0.29) is 6.04 Å². The molecule has 0 saturated heterocycles. The van der Waals surface area contributed by atoms with Crippen LogP contribution in [0.4, 0.5) is 0 Å². The van der Waals surface area contributed by atoms with Crippen LogP contribution in [0.25, 0.3) is 0 Å². The second-order valence-electron chi connectivity index (χ2n) is 4.33. The maximum Gasteiger partial charge on any atom is 0.119 e. The van der Waals surface area contributed by atoms with Crippen LogP contribution < -0.4 is 10.5 Å². The second kappa shape index (κ2) is 5.73. The fourth-order valence-corrected chi connectivity index (χ4v) is 2.04. The van der Waals surface area contributed by atoms with Crippen LogP contribution in [-0.2, 0) is 11.2 Å². The van der Waals surface area contributed by atoms with Gasteiger partial charge in [0.1, 0.15) is 5.75 Å². The largest absolute Gasteiger partial charge is 0.501 e. The quantitative estimate of drug-likeness (QED) is 0.867. The van der Waals surface area contributed by atoms with Crippen LogP contribution in [0.2, 0.25) is 0 Å². The highest BCUT2D eigenvalue weighted by molar-refractivity contribution is 5.30. The first-order chi connectivity index (χ1) is 8.29. The minimum absolute atomic E-state index is 0.0439. The summed E-state index contributed by atoms with van der Waals surface area (Å²) in [4.78, 5) is 0. The number of hydrogen-bond donors (Lipinski definition) is 1. The molecule has 1 aromatic carbocycles. The molecule has 2 rings (SSSR count). The smallest absolute Gasteiger partial charge is 0.119 e. The average molecular weight is 233 g/mol. The molecule has 0 radical (unpaired) electrons. The summed E-state index contributed by atoms with van der Waals surface area (Å²) in [5.74, 6) is 0.878. The zero-order valence-electron chi connectivity index (χ0n) is 10.2. The molecule has 1 aliphatic heterocycles. The van der Waals surface area contributed by atoms with Gasteiger partial charge in [0, 0.05) is 6.04 Å². The van der Waals surface area contributed by atoms with Gasteiger partial charge in [-0.05, 0) is 42.5 Å². The highest BCUT2D eigenvalue weighted by Crippen LogP contribution is 2.19. The summed E-state index contributed by atoms with van der Waals surface area (Å²) in [6, 6.07) is 8.09. The van der Waals surface area contributed by atoms with Crippen molar-refractivity contribution in [3.8, 4) is 5.75 Å². The van der Waals surface area contributed by atoms with Gasteiger partial charge in [0.05, 0.1) is 20.0 Å². The van der Waals surface area contributed by atoms with Gasteiger partial charge >= 0.3 is 0 Å². The number of nitrogens with two attached hydrogens (primary N) is 1. The Bertz CT molecular complexity index is 401. The lowest BCUT2D eigenvalue weighted by Gasteiger charge is -2.19. The van der Waals surface area contributed by atoms with Crippen molar-refractivity contribution in [2.75, 3.05) is 13.7 Å². The van der Waals surface area contributed by atoms with Gasteiger partial charge < -0.3 is 15.2 Å². The molecule has 1 heterocycles. The first-order valence-electron chi connectivity index (χ1n) is 5.98. The van der Waals surface area contributed by atoms with E-state index in [0.29, 0.717) is 0 Å². The van der Waals surface area contributed by atoms with Gasteiger partial charge in [-0.2, -0.15) is 0 Å². The van der Waals surface area contributed by atoms with E-state index in [0.717, 1.165) is 31.6 Å². The van der Waals surface area contributed by atoms with E-state index in [1.165, 1.54) is 11.1 Å². The number of methoxy groups -OCH3 is 1. The van der Waals surface area contributed by atoms with E-state index in [2.05, 4.69) is 6.07 Å². The van der Waals surface area contributed by atoms with Crippen molar-refractivity contribution < 1.29 is 9.47 Å². The zero-order valence-corrected chi connectivity index (χ0v) is 10.2. The number of benzene rings is 1. The van der Waals surface area contributed by atoms with Gasteiger partial charge in [-0.1, -0.05) is 12.1 Å². The van der Waals surface area contributed by atoms with Crippen molar-refractivity contribution in [1.82, 2.24) is 0 Å². The summed E-state index contributed by atoms with van der Waals surface area (Å²) in [6.07, 6.45) is 4.77. The van der Waals surface area contributed by atoms with E-state index >= 15 is 0 Å². The molecule has 0 aromatic heterocycles. The normalized spacial score (nSPS) is 16.9. The molecule has 1 atom stereocenters. The molecule has 0 fully saturated rings. The Hall–Kier alpha value is -1.48. The van der Waals surface area contributed by atoms with E-state index in [4.69, 9.17) is 15.2 Å². The first-order valence-corrected chi connectivity index (χ1v) is 5.98. The average Bonchev–Trinajstić information content (AvgIpc) is 2.40. The fraction of sp³-hybridized carbons (Fsp3) is 0.429. The van der Waals surface area contributed by atoms with Crippen molar-refractivity contribution in [3.05, 3.63) is 41.7 Å². The van der Waals surface area contributed by atoms with Gasteiger partial charge in [0.2, 0.25) is 0 Å². The van der Waals surface area contributed by atoms with Gasteiger partial charge in [0.15, 0.2) is 0 Å². The summed E-state index contributed by atoms with van der Waals surface area (Å²) in [5.41, 5.74) is 8.59. The van der Waals surface area contributed by atoms with E-state index in [1.54, 1.807) is 7.11 Å². The van der Waals surface area contributed by atoms with Crippen LogP contribution in [0.5, 0.6) is 5.75 Å². The predicted octanol–water partition coefficient (Wildman–Crippen LogP) is 2.26. The predicted molar refractivity (Wildman–Crippen MR) is 67.9 cm³/mol. The van der Waals surface area contributed by atoms with Crippen LogP contribution in [-0.4, -0.2) is 19.8 Å². The SMILES string of the molecule is COc1cccc(CC(N)C2=COCCC2)c1. The first kappa shape index (κ1) is 12.0. The van der Waals surface area contributed by atoms with Crippen LogP contribution in [0.15, 0.2) is 36.1 Å². The van der Waals surface area contributed by atoms with Crippen molar-refractivity contribution in [3.63, 3.8) is 0 Å². The number of hydrogen-bond acceptors (Lipinski definition) is 3. The maximum absolute atomic E-state index is 6.18. The van der Waals surface area contributed by atoms with Crippen LogP contribution in [0.1, 0.15) is 18.4 Å². The van der Waals surface area contributed by atoms with Crippen molar-refractivity contribution in [2.24, 2.45) is 5.73 Å². The third-order valence-electron chi connectivity index (χ3n) is 3.03. The number of ether oxygens (including phenoxy) is 2. The van der Waals surface area contributed by atoms with Crippen LogP contribution in [0.3, 0.4) is 0 Å². The Balaban J connectivity index is 2.01. The highest BCUT2D eigenvalue weighted by Gasteiger charge is 2.13. The lowest BCUT2D eigenvalue weighted by atomic mass is 9.96. The van der Waals surface area contributed by atoms with Gasteiger partial charge in [0.25, 0.3) is 0 Å². The fourth-order valence-electron chi connectivity index (χ4n) is 2.04. The molecule has 0 spiro atoms. The zero-order chi connectivity index (χ0) is 12.1. The van der Waals surface area contributed by atoms with Crippen LogP contribution >= 0.6 is 0 Å². The summed E-state index contributed by atoms with van der Waals surface area (Å²) in [5, 5.41) is 0. The van der Waals surface area contributed by atoms with Gasteiger partial charge in [-0.15, -0.1) is 0 Å². The Morgan fingerprint density at radius 3 is 3.06 bits per heavy atom. The lowest BCUT2D eigenvalue weighted by molar-refractivity contribution is 0.221. The third-order valence-corrected chi connectivity index (χ3v) is 3.03. The summed E-state index contributed by atoms with van der Waals surface area (Å²) in [6.45, 7) is 0.815.